The van der Waals surface area contributed by atoms with E-state index in [2.05, 4.69) is 0 Å². The van der Waals surface area contributed by atoms with Crippen LogP contribution in [0.15, 0.2) is 24.3 Å². The zero-order chi connectivity index (χ0) is 8.97. The van der Waals surface area contributed by atoms with Crippen molar-refractivity contribution in [3.63, 3.8) is 0 Å². The Morgan fingerprint density at radius 1 is 1.42 bits per heavy atom. The SMILES string of the molecule is Cc1cc(F)cc(/C=C/CO)c1. The first-order valence-corrected chi connectivity index (χ1v) is 3.77. The van der Waals surface area contributed by atoms with Gasteiger partial charge in [-0.2, -0.15) is 0 Å². The first-order valence-electron chi connectivity index (χ1n) is 3.77. The summed E-state index contributed by atoms with van der Waals surface area (Å²) in [6.07, 6.45) is 3.27. The molecule has 0 amide bonds. The van der Waals surface area contributed by atoms with Gasteiger partial charge in [-0.15, -0.1) is 0 Å². The molecule has 12 heavy (non-hydrogen) atoms. The molecule has 64 valence electrons. The summed E-state index contributed by atoms with van der Waals surface area (Å²) >= 11 is 0. The number of aliphatic hydroxyl groups excluding tert-OH is 1. The van der Waals surface area contributed by atoms with Gasteiger partial charge in [-0.3, -0.25) is 0 Å². The average Bonchev–Trinajstić information content (AvgIpc) is 1.99. The number of halogens is 1. The summed E-state index contributed by atoms with van der Waals surface area (Å²) < 4.78 is 12.8. The topological polar surface area (TPSA) is 20.2 Å². The van der Waals surface area contributed by atoms with Crippen LogP contribution < -0.4 is 0 Å². The van der Waals surface area contributed by atoms with Crippen LogP contribution in [-0.4, -0.2) is 11.7 Å². The Balaban J connectivity index is 2.93. The summed E-state index contributed by atoms with van der Waals surface area (Å²) in [5, 5.41) is 8.49. The van der Waals surface area contributed by atoms with Crippen LogP contribution in [0.25, 0.3) is 6.08 Å². The fourth-order valence-corrected chi connectivity index (χ4v) is 1.05. The van der Waals surface area contributed by atoms with Crippen molar-refractivity contribution in [2.45, 2.75) is 6.92 Å². The van der Waals surface area contributed by atoms with E-state index in [0.29, 0.717) is 0 Å². The molecule has 0 radical (unpaired) electrons. The van der Waals surface area contributed by atoms with Crippen molar-refractivity contribution in [3.05, 3.63) is 41.2 Å². The second-order valence-corrected chi connectivity index (χ2v) is 2.65. The van der Waals surface area contributed by atoms with Gasteiger partial charge in [-0.25, -0.2) is 4.39 Å². The molecule has 0 heterocycles. The number of hydrogen-bond acceptors (Lipinski definition) is 1. The van der Waals surface area contributed by atoms with Crippen molar-refractivity contribution in [3.8, 4) is 0 Å². The lowest BCUT2D eigenvalue weighted by Gasteiger charge is -1.96. The van der Waals surface area contributed by atoms with Crippen LogP contribution in [0.2, 0.25) is 0 Å². The van der Waals surface area contributed by atoms with Gasteiger partial charge < -0.3 is 5.11 Å². The van der Waals surface area contributed by atoms with Crippen LogP contribution >= 0.6 is 0 Å². The van der Waals surface area contributed by atoms with E-state index >= 15 is 0 Å². The highest BCUT2D eigenvalue weighted by molar-refractivity contribution is 5.50. The molecule has 0 aromatic heterocycles. The van der Waals surface area contributed by atoms with Crippen LogP contribution in [0.4, 0.5) is 4.39 Å². The largest absolute Gasteiger partial charge is 0.392 e. The van der Waals surface area contributed by atoms with Gasteiger partial charge >= 0.3 is 0 Å². The molecule has 0 bridgehead atoms. The van der Waals surface area contributed by atoms with Gasteiger partial charge in [-0.1, -0.05) is 18.2 Å². The Labute approximate surface area is 71.2 Å². The van der Waals surface area contributed by atoms with Crippen molar-refractivity contribution in [1.29, 1.82) is 0 Å². The Hall–Kier alpha value is -1.15. The van der Waals surface area contributed by atoms with E-state index in [0.717, 1.165) is 11.1 Å². The third kappa shape index (κ3) is 2.47. The predicted molar refractivity (Wildman–Crippen MR) is 47.3 cm³/mol. The van der Waals surface area contributed by atoms with Crippen molar-refractivity contribution in [2.24, 2.45) is 0 Å². The van der Waals surface area contributed by atoms with Crippen molar-refractivity contribution in [1.82, 2.24) is 0 Å². The minimum Gasteiger partial charge on any atom is -0.392 e. The average molecular weight is 166 g/mol. The zero-order valence-electron chi connectivity index (χ0n) is 6.92. The summed E-state index contributed by atoms with van der Waals surface area (Å²) in [4.78, 5) is 0. The molecular weight excluding hydrogens is 155 g/mol. The standard InChI is InChI=1S/C10H11FO/c1-8-5-9(3-2-4-12)7-10(11)6-8/h2-3,5-7,12H,4H2,1H3/b3-2+. The molecule has 0 aliphatic heterocycles. The third-order valence-corrected chi connectivity index (χ3v) is 1.48. The summed E-state index contributed by atoms with van der Waals surface area (Å²) in [5.74, 6) is -0.243. The minimum absolute atomic E-state index is 0.0183. The summed E-state index contributed by atoms with van der Waals surface area (Å²) in [6, 6.07) is 4.75. The molecule has 0 spiro atoms. The second-order valence-electron chi connectivity index (χ2n) is 2.65. The van der Waals surface area contributed by atoms with Crippen LogP contribution in [-0.2, 0) is 0 Å². The van der Waals surface area contributed by atoms with Gasteiger partial charge in [0.1, 0.15) is 5.82 Å². The number of rotatable bonds is 2. The Morgan fingerprint density at radius 2 is 2.17 bits per heavy atom. The number of aryl methyl sites for hydroxylation is 1. The maximum absolute atomic E-state index is 12.8. The Morgan fingerprint density at radius 3 is 2.75 bits per heavy atom. The third-order valence-electron chi connectivity index (χ3n) is 1.48. The van der Waals surface area contributed by atoms with E-state index in [-0.39, 0.29) is 12.4 Å². The Kier molecular flexibility index (Phi) is 3.00. The smallest absolute Gasteiger partial charge is 0.124 e. The van der Waals surface area contributed by atoms with Crippen LogP contribution in [0, 0.1) is 12.7 Å². The summed E-state index contributed by atoms with van der Waals surface area (Å²) in [7, 11) is 0. The lowest BCUT2D eigenvalue weighted by atomic mass is 10.1. The van der Waals surface area contributed by atoms with Gasteiger partial charge in [0.2, 0.25) is 0 Å². The van der Waals surface area contributed by atoms with E-state index in [1.54, 1.807) is 12.2 Å². The van der Waals surface area contributed by atoms with E-state index in [4.69, 9.17) is 5.11 Å². The molecule has 1 aromatic rings. The van der Waals surface area contributed by atoms with Gasteiger partial charge in [0.15, 0.2) is 0 Å². The molecule has 0 aliphatic rings. The number of benzene rings is 1. The molecule has 1 rings (SSSR count). The molecule has 1 nitrogen and oxygen atoms in total. The van der Waals surface area contributed by atoms with Crippen LogP contribution in [0.3, 0.4) is 0 Å². The van der Waals surface area contributed by atoms with E-state index in [1.165, 1.54) is 12.1 Å². The molecule has 0 saturated carbocycles. The number of hydrogen-bond donors (Lipinski definition) is 1. The van der Waals surface area contributed by atoms with Gasteiger partial charge in [0.05, 0.1) is 6.61 Å². The fourth-order valence-electron chi connectivity index (χ4n) is 1.05. The fraction of sp³-hybridized carbons (Fsp3) is 0.200. The molecule has 0 aliphatic carbocycles. The maximum atomic E-state index is 12.8. The summed E-state index contributed by atoms with van der Waals surface area (Å²) in [6.45, 7) is 1.81. The normalized spacial score (nSPS) is 10.9. The quantitative estimate of drug-likeness (QED) is 0.713. The molecule has 1 aromatic carbocycles. The first kappa shape index (κ1) is 8.94. The van der Waals surface area contributed by atoms with E-state index < -0.39 is 0 Å². The highest BCUT2D eigenvalue weighted by Gasteiger charge is 1.93. The van der Waals surface area contributed by atoms with E-state index in [1.807, 2.05) is 13.0 Å². The molecule has 0 unspecified atom stereocenters. The molecule has 1 N–H and O–H groups in total. The van der Waals surface area contributed by atoms with Crippen LogP contribution in [0.1, 0.15) is 11.1 Å². The molecule has 0 atom stereocenters. The van der Waals surface area contributed by atoms with Gasteiger partial charge in [-0.05, 0) is 30.2 Å². The second kappa shape index (κ2) is 4.02. The predicted octanol–water partition coefficient (Wildman–Crippen LogP) is 2.14. The highest BCUT2D eigenvalue weighted by atomic mass is 19.1. The van der Waals surface area contributed by atoms with Gasteiger partial charge in [0, 0.05) is 0 Å². The lowest BCUT2D eigenvalue weighted by molar-refractivity contribution is 0.343. The van der Waals surface area contributed by atoms with Crippen molar-refractivity contribution >= 4 is 6.08 Å². The van der Waals surface area contributed by atoms with Crippen LogP contribution in [0.5, 0.6) is 0 Å². The van der Waals surface area contributed by atoms with Crippen molar-refractivity contribution in [2.75, 3.05) is 6.61 Å². The first-order chi connectivity index (χ1) is 5.72. The summed E-state index contributed by atoms with van der Waals surface area (Å²) in [5.41, 5.74) is 1.66. The molecular formula is C10H11FO. The molecule has 0 saturated heterocycles. The molecule has 2 heteroatoms. The number of aliphatic hydroxyl groups is 1. The van der Waals surface area contributed by atoms with Gasteiger partial charge in [0.25, 0.3) is 0 Å². The zero-order valence-corrected chi connectivity index (χ0v) is 6.92. The van der Waals surface area contributed by atoms with E-state index in [9.17, 15) is 4.39 Å². The highest BCUT2D eigenvalue weighted by Crippen LogP contribution is 2.09. The molecule has 0 fully saturated rings. The Bertz CT molecular complexity index is 272. The lowest BCUT2D eigenvalue weighted by Crippen LogP contribution is -1.81. The maximum Gasteiger partial charge on any atom is 0.124 e. The monoisotopic (exact) mass is 166 g/mol. The van der Waals surface area contributed by atoms with Crippen molar-refractivity contribution < 1.29 is 9.50 Å². The minimum atomic E-state index is -0.243.